The van der Waals surface area contributed by atoms with Crippen LogP contribution in [0.2, 0.25) is 0 Å². The number of hydrogen-bond donors (Lipinski definition) is 1. The first-order chi connectivity index (χ1) is 15.0. The third-order valence-electron chi connectivity index (χ3n) is 5.39. The SMILES string of the molecule is C=CCn1c(=O)n(-c2cn(C)nc2C)c2c3cc(-c4cncc(N)c4)ccc3ncc21. The van der Waals surface area contributed by atoms with Crippen molar-refractivity contribution in [2.24, 2.45) is 7.05 Å². The van der Waals surface area contributed by atoms with Gasteiger partial charge in [-0.15, -0.1) is 6.58 Å². The molecule has 2 N–H and O–H groups in total. The Kier molecular flexibility index (Phi) is 4.21. The largest absolute Gasteiger partial charge is 0.397 e. The van der Waals surface area contributed by atoms with Gasteiger partial charge in [-0.1, -0.05) is 12.1 Å². The van der Waals surface area contributed by atoms with Gasteiger partial charge in [0.15, 0.2) is 0 Å². The summed E-state index contributed by atoms with van der Waals surface area (Å²) >= 11 is 0. The molecule has 0 unspecified atom stereocenters. The molecular weight excluding hydrogens is 390 g/mol. The van der Waals surface area contributed by atoms with E-state index in [0.717, 1.165) is 44.4 Å². The Balaban J connectivity index is 1.91. The first-order valence-corrected chi connectivity index (χ1v) is 9.84. The molecule has 0 amide bonds. The molecule has 5 rings (SSSR count). The molecule has 31 heavy (non-hydrogen) atoms. The minimum atomic E-state index is -0.156. The van der Waals surface area contributed by atoms with Crippen molar-refractivity contribution < 1.29 is 0 Å². The molecule has 0 saturated carbocycles. The van der Waals surface area contributed by atoms with Gasteiger partial charge in [0.2, 0.25) is 0 Å². The number of hydrogen-bond acceptors (Lipinski definition) is 5. The van der Waals surface area contributed by atoms with Crippen molar-refractivity contribution in [3.8, 4) is 16.8 Å². The second-order valence-corrected chi connectivity index (χ2v) is 7.52. The van der Waals surface area contributed by atoms with Crippen LogP contribution in [0, 0.1) is 6.92 Å². The van der Waals surface area contributed by atoms with Crippen LogP contribution >= 0.6 is 0 Å². The van der Waals surface area contributed by atoms with E-state index in [1.807, 2.05) is 44.4 Å². The van der Waals surface area contributed by atoms with Crippen LogP contribution < -0.4 is 11.4 Å². The number of nitrogen functional groups attached to an aromatic ring is 1. The second kappa shape index (κ2) is 6.94. The van der Waals surface area contributed by atoms with Gasteiger partial charge < -0.3 is 5.73 Å². The quantitative estimate of drug-likeness (QED) is 0.458. The van der Waals surface area contributed by atoms with Gasteiger partial charge >= 0.3 is 5.69 Å². The van der Waals surface area contributed by atoms with Gasteiger partial charge in [-0.2, -0.15) is 5.10 Å². The molecule has 0 fully saturated rings. The monoisotopic (exact) mass is 411 g/mol. The lowest BCUT2D eigenvalue weighted by molar-refractivity contribution is 0.756. The molecule has 0 aliphatic rings. The minimum absolute atomic E-state index is 0.156. The lowest BCUT2D eigenvalue weighted by Crippen LogP contribution is -2.23. The number of fused-ring (bicyclic) bond motifs is 3. The van der Waals surface area contributed by atoms with Crippen LogP contribution in [0.1, 0.15) is 5.69 Å². The standard InChI is InChI=1S/C23H21N7O/c1-4-7-29-20-12-26-19-6-5-15(16-8-17(24)11-25-10-16)9-18(19)22(20)30(23(29)31)21-13-28(3)27-14(21)2/h4-6,8-13H,1,7,24H2,2-3H3. The zero-order valence-electron chi connectivity index (χ0n) is 17.3. The maximum absolute atomic E-state index is 13.5. The number of anilines is 1. The highest BCUT2D eigenvalue weighted by Gasteiger charge is 2.20. The van der Waals surface area contributed by atoms with Gasteiger partial charge in [0.1, 0.15) is 0 Å². The number of pyridine rings is 2. The fourth-order valence-electron chi connectivity index (χ4n) is 4.05. The minimum Gasteiger partial charge on any atom is -0.397 e. The fourth-order valence-corrected chi connectivity index (χ4v) is 4.05. The van der Waals surface area contributed by atoms with Crippen LogP contribution in [0.15, 0.2) is 66.5 Å². The predicted octanol–water partition coefficient (Wildman–Crippen LogP) is 3.21. The third-order valence-corrected chi connectivity index (χ3v) is 5.39. The first-order valence-electron chi connectivity index (χ1n) is 9.84. The second-order valence-electron chi connectivity index (χ2n) is 7.52. The van der Waals surface area contributed by atoms with E-state index in [-0.39, 0.29) is 5.69 Å². The van der Waals surface area contributed by atoms with Crippen molar-refractivity contribution in [1.29, 1.82) is 0 Å². The molecule has 4 heterocycles. The van der Waals surface area contributed by atoms with Crippen LogP contribution in [0.4, 0.5) is 5.69 Å². The third kappa shape index (κ3) is 2.92. The Bertz CT molecular complexity index is 1540. The summed E-state index contributed by atoms with van der Waals surface area (Å²) in [6, 6.07) is 7.84. The molecule has 0 radical (unpaired) electrons. The van der Waals surface area contributed by atoms with Gasteiger partial charge in [-0.3, -0.25) is 23.8 Å². The van der Waals surface area contributed by atoms with Crippen LogP contribution in [-0.2, 0) is 13.6 Å². The van der Waals surface area contributed by atoms with E-state index in [1.54, 1.807) is 38.5 Å². The lowest BCUT2D eigenvalue weighted by Gasteiger charge is -2.08. The number of benzene rings is 1. The number of nitrogens with zero attached hydrogens (tertiary/aromatic N) is 6. The van der Waals surface area contributed by atoms with Crippen molar-refractivity contribution >= 4 is 27.6 Å². The van der Waals surface area contributed by atoms with Crippen molar-refractivity contribution in [1.82, 2.24) is 28.9 Å². The van der Waals surface area contributed by atoms with Gasteiger partial charge in [0, 0.05) is 43.1 Å². The molecule has 0 saturated heterocycles. The summed E-state index contributed by atoms with van der Waals surface area (Å²) < 4.78 is 5.10. The molecule has 0 aliphatic heterocycles. The average Bonchev–Trinajstić information content (AvgIpc) is 3.23. The Hall–Kier alpha value is -4.20. The Morgan fingerprint density at radius 1 is 1.16 bits per heavy atom. The number of nitrogens with two attached hydrogens (primary N) is 1. The summed E-state index contributed by atoms with van der Waals surface area (Å²) in [6.45, 7) is 6.08. The van der Waals surface area contributed by atoms with E-state index in [0.29, 0.717) is 12.2 Å². The molecule has 0 bridgehead atoms. The number of aryl methyl sites for hydroxylation is 2. The van der Waals surface area contributed by atoms with Gasteiger partial charge in [-0.05, 0) is 30.7 Å². The van der Waals surface area contributed by atoms with Crippen LogP contribution in [0.3, 0.4) is 0 Å². The summed E-state index contributed by atoms with van der Waals surface area (Å²) in [6.07, 6.45) is 8.69. The zero-order chi connectivity index (χ0) is 21.7. The molecule has 0 spiro atoms. The first kappa shape index (κ1) is 18.8. The van der Waals surface area contributed by atoms with Gasteiger partial charge in [0.05, 0.1) is 39.8 Å². The van der Waals surface area contributed by atoms with E-state index >= 15 is 0 Å². The van der Waals surface area contributed by atoms with Crippen molar-refractivity contribution in [2.45, 2.75) is 13.5 Å². The molecule has 1 aromatic carbocycles. The summed E-state index contributed by atoms with van der Waals surface area (Å²) in [5, 5.41) is 5.30. The molecule has 8 heteroatoms. The highest BCUT2D eigenvalue weighted by molar-refractivity contribution is 6.04. The van der Waals surface area contributed by atoms with E-state index in [9.17, 15) is 4.79 Å². The zero-order valence-corrected chi connectivity index (χ0v) is 17.3. The summed E-state index contributed by atoms with van der Waals surface area (Å²) in [5.74, 6) is 0. The molecule has 4 aromatic heterocycles. The van der Waals surface area contributed by atoms with E-state index in [2.05, 4.69) is 21.6 Å². The van der Waals surface area contributed by atoms with Crippen LogP contribution in [0.25, 0.3) is 38.8 Å². The molecule has 0 aliphatic carbocycles. The highest BCUT2D eigenvalue weighted by Crippen LogP contribution is 2.30. The number of imidazole rings is 1. The Morgan fingerprint density at radius 3 is 2.71 bits per heavy atom. The Labute approximate surface area is 177 Å². The molecule has 0 atom stereocenters. The van der Waals surface area contributed by atoms with Crippen molar-refractivity contribution in [3.63, 3.8) is 0 Å². The van der Waals surface area contributed by atoms with Gasteiger partial charge in [-0.25, -0.2) is 4.79 Å². The summed E-state index contributed by atoms with van der Waals surface area (Å²) in [4.78, 5) is 22.3. The number of aromatic nitrogens is 6. The topological polar surface area (TPSA) is 96.5 Å². The maximum Gasteiger partial charge on any atom is 0.334 e. The van der Waals surface area contributed by atoms with E-state index < -0.39 is 0 Å². The fraction of sp³-hybridized carbons (Fsp3) is 0.130. The highest BCUT2D eigenvalue weighted by atomic mass is 16.1. The van der Waals surface area contributed by atoms with Crippen LogP contribution in [0.5, 0.6) is 0 Å². The van der Waals surface area contributed by atoms with E-state index in [1.165, 1.54) is 0 Å². The summed E-state index contributed by atoms with van der Waals surface area (Å²) in [5.41, 5.74) is 12.0. The molecular formula is C23H21N7O. The van der Waals surface area contributed by atoms with Crippen molar-refractivity contribution in [3.05, 3.63) is 77.9 Å². The lowest BCUT2D eigenvalue weighted by atomic mass is 10.0. The van der Waals surface area contributed by atoms with Crippen molar-refractivity contribution in [2.75, 3.05) is 5.73 Å². The molecule has 154 valence electrons. The summed E-state index contributed by atoms with van der Waals surface area (Å²) in [7, 11) is 1.84. The van der Waals surface area contributed by atoms with Crippen LogP contribution in [-0.4, -0.2) is 28.9 Å². The number of rotatable bonds is 4. The predicted molar refractivity (Wildman–Crippen MR) is 122 cm³/mol. The maximum atomic E-state index is 13.5. The van der Waals surface area contributed by atoms with Gasteiger partial charge in [0.25, 0.3) is 0 Å². The average molecular weight is 411 g/mol. The number of allylic oxidation sites excluding steroid dienone is 1. The Morgan fingerprint density at radius 2 is 2.00 bits per heavy atom. The smallest absolute Gasteiger partial charge is 0.334 e. The molecule has 5 aromatic rings. The van der Waals surface area contributed by atoms with E-state index in [4.69, 9.17) is 5.73 Å². The normalized spacial score (nSPS) is 11.4. The molecule has 8 nitrogen and oxygen atoms in total.